The van der Waals surface area contributed by atoms with E-state index in [1.165, 1.54) is 12.1 Å². The molecule has 0 amide bonds. The van der Waals surface area contributed by atoms with E-state index in [1.807, 2.05) is 20.8 Å². The summed E-state index contributed by atoms with van der Waals surface area (Å²) in [5.41, 5.74) is 0.275. The second kappa shape index (κ2) is 6.97. The number of nitro groups is 1. The molecule has 0 aromatic heterocycles. The number of benzene rings is 1. The number of nitrogens with one attached hydrogen (secondary N) is 1. The molecule has 0 radical (unpaired) electrons. The van der Waals surface area contributed by atoms with Gasteiger partial charge in [-0.25, -0.2) is 13.6 Å². The van der Waals surface area contributed by atoms with Crippen LogP contribution in [0.1, 0.15) is 26.3 Å². The monoisotopic (exact) mass is 315 g/mol. The minimum Gasteiger partial charge on any atom is -0.314 e. The molecule has 1 aromatic carbocycles. The molecule has 0 saturated carbocycles. The fourth-order valence-corrected chi connectivity index (χ4v) is 2.64. The molecule has 1 unspecified atom stereocenters. The topological polar surface area (TPSA) is 115 Å². The molecule has 0 bridgehead atoms. The minimum absolute atomic E-state index is 0.0778. The Bertz CT molecular complexity index is 614. The second-order valence-electron chi connectivity index (χ2n) is 5.20. The van der Waals surface area contributed by atoms with Crippen LogP contribution < -0.4 is 10.5 Å². The summed E-state index contributed by atoms with van der Waals surface area (Å²) in [4.78, 5) is 10.3. The van der Waals surface area contributed by atoms with E-state index < -0.39 is 14.9 Å². The lowest BCUT2D eigenvalue weighted by molar-refractivity contribution is -0.385. The lowest BCUT2D eigenvalue weighted by Crippen LogP contribution is -2.35. The first-order chi connectivity index (χ1) is 9.66. The van der Waals surface area contributed by atoms with Gasteiger partial charge in [-0.15, -0.1) is 0 Å². The van der Waals surface area contributed by atoms with Crippen molar-refractivity contribution in [1.82, 2.24) is 5.32 Å². The zero-order valence-corrected chi connectivity index (χ0v) is 13.2. The number of hydrogen-bond donors (Lipinski definition) is 2. The molecule has 0 aliphatic heterocycles. The number of nitrogens with zero attached hydrogens (tertiary/aromatic N) is 1. The molecule has 7 nitrogen and oxygen atoms in total. The van der Waals surface area contributed by atoms with Gasteiger partial charge in [-0.05, 0) is 24.9 Å². The first-order valence-electron chi connectivity index (χ1n) is 6.70. The van der Waals surface area contributed by atoms with Gasteiger partial charge in [0.05, 0.1) is 9.82 Å². The Morgan fingerprint density at radius 2 is 2.00 bits per heavy atom. The molecule has 0 aliphatic carbocycles. The molecule has 3 N–H and O–H groups in total. The Hall–Kier alpha value is -1.51. The van der Waals surface area contributed by atoms with Gasteiger partial charge < -0.3 is 5.32 Å². The van der Waals surface area contributed by atoms with Crippen LogP contribution in [0.2, 0.25) is 0 Å². The molecule has 8 heteroatoms. The van der Waals surface area contributed by atoms with Crippen molar-refractivity contribution in [2.75, 3.05) is 6.54 Å². The highest BCUT2D eigenvalue weighted by Gasteiger charge is 2.22. The number of primary sulfonamides is 1. The molecule has 0 heterocycles. The number of sulfonamides is 1. The molecule has 0 aliphatic rings. The van der Waals surface area contributed by atoms with Crippen LogP contribution in [-0.4, -0.2) is 25.9 Å². The van der Waals surface area contributed by atoms with Crippen LogP contribution in [0, 0.1) is 16.0 Å². The summed E-state index contributed by atoms with van der Waals surface area (Å²) in [7, 11) is -3.95. The van der Waals surface area contributed by atoms with Gasteiger partial charge in [0.15, 0.2) is 0 Å². The average molecular weight is 315 g/mol. The molecule has 1 aromatic rings. The third-order valence-corrected chi connectivity index (χ3v) is 4.20. The molecule has 1 rings (SSSR count). The number of rotatable bonds is 7. The van der Waals surface area contributed by atoms with Crippen LogP contribution in [-0.2, 0) is 16.4 Å². The maximum absolute atomic E-state index is 11.3. The zero-order valence-electron chi connectivity index (χ0n) is 12.4. The second-order valence-corrected chi connectivity index (χ2v) is 6.77. The predicted molar refractivity (Wildman–Crippen MR) is 80.5 cm³/mol. The van der Waals surface area contributed by atoms with Gasteiger partial charge in [-0.2, -0.15) is 0 Å². The van der Waals surface area contributed by atoms with E-state index in [4.69, 9.17) is 5.14 Å². The van der Waals surface area contributed by atoms with Crippen LogP contribution >= 0.6 is 0 Å². The molecular weight excluding hydrogens is 294 g/mol. The highest BCUT2D eigenvalue weighted by Crippen LogP contribution is 2.25. The van der Waals surface area contributed by atoms with Crippen molar-refractivity contribution < 1.29 is 13.3 Å². The normalized spacial score (nSPS) is 13.4. The van der Waals surface area contributed by atoms with E-state index in [0.717, 1.165) is 12.6 Å². The number of nitro benzene ring substituents is 1. The van der Waals surface area contributed by atoms with E-state index in [1.54, 1.807) is 0 Å². The Balaban J connectivity index is 3.21. The van der Waals surface area contributed by atoms with Crippen molar-refractivity contribution in [1.29, 1.82) is 0 Å². The molecule has 21 heavy (non-hydrogen) atoms. The minimum atomic E-state index is -3.95. The summed E-state index contributed by atoms with van der Waals surface area (Å²) in [6, 6.07) is 3.87. The van der Waals surface area contributed by atoms with Crippen molar-refractivity contribution in [3.8, 4) is 0 Å². The number of likely N-dealkylation sites (N-methyl/N-ethyl adjacent to an activating group) is 1. The number of nitrogens with two attached hydrogens (primary N) is 1. The van der Waals surface area contributed by atoms with Gasteiger partial charge in [0, 0.05) is 17.7 Å². The van der Waals surface area contributed by atoms with Crippen molar-refractivity contribution in [2.45, 2.75) is 38.1 Å². The van der Waals surface area contributed by atoms with Gasteiger partial charge in [0.1, 0.15) is 0 Å². The Morgan fingerprint density at radius 1 is 1.38 bits per heavy atom. The molecule has 1 atom stereocenters. The standard InChI is InChI=1S/C13H21N3O4S/c1-4-15-12(9(2)3)7-10-5-6-11(21(14,19)20)8-13(10)16(17)18/h5-6,8-9,12,15H,4,7H2,1-3H3,(H2,14,19,20). The summed E-state index contributed by atoms with van der Waals surface area (Å²) >= 11 is 0. The highest BCUT2D eigenvalue weighted by atomic mass is 32.2. The van der Waals surface area contributed by atoms with Crippen LogP contribution in [0.25, 0.3) is 0 Å². The Kier molecular flexibility index (Phi) is 5.82. The largest absolute Gasteiger partial charge is 0.314 e. The van der Waals surface area contributed by atoms with Crippen LogP contribution in [0.5, 0.6) is 0 Å². The van der Waals surface area contributed by atoms with Gasteiger partial charge >= 0.3 is 0 Å². The summed E-state index contributed by atoms with van der Waals surface area (Å²) in [6.45, 7) is 6.77. The summed E-state index contributed by atoms with van der Waals surface area (Å²) < 4.78 is 22.6. The van der Waals surface area contributed by atoms with Crippen molar-refractivity contribution in [2.24, 2.45) is 11.1 Å². The van der Waals surface area contributed by atoms with E-state index >= 15 is 0 Å². The van der Waals surface area contributed by atoms with E-state index in [9.17, 15) is 18.5 Å². The quantitative estimate of drug-likeness (QED) is 0.583. The predicted octanol–water partition coefficient (Wildman–Crippen LogP) is 1.42. The number of hydrogen-bond acceptors (Lipinski definition) is 5. The molecule has 0 saturated heterocycles. The fraction of sp³-hybridized carbons (Fsp3) is 0.538. The molecule has 118 valence electrons. The smallest absolute Gasteiger partial charge is 0.273 e. The van der Waals surface area contributed by atoms with Crippen LogP contribution in [0.15, 0.2) is 23.1 Å². The van der Waals surface area contributed by atoms with Crippen molar-refractivity contribution in [3.05, 3.63) is 33.9 Å². The van der Waals surface area contributed by atoms with Gasteiger partial charge in [-0.3, -0.25) is 10.1 Å². The lowest BCUT2D eigenvalue weighted by atomic mass is 9.95. The van der Waals surface area contributed by atoms with Crippen molar-refractivity contribution in [3.63, 3.8) is 0 Å². The SMILES string of the molecule is CCNC(Cc1ccc(S(N)(=O)=O)cc1[N+](=O)[O-])C(C)C. The molecule has 0 spiro atoms. The Labute approximate surface area is 124 Å². The highest BCUT2D eigenvalue weighted by molar-refractivity contribution is 7.89. The van der Waals surface area contributed by atoms with Crippen LogP contribution in [0.3, 0.4) is 0 Å². The summed E-state index contributed by atoms with van der Waals surface area (Å²) in [5, 5.41) is 19.4. The van der Waals surface area contributed by atoms with Gasteiger partial charge in [0.25, 0.3) is 5.69 Å². The van der Waals surface area contributed by atoms with Gasteiger partial charge in [0.2, 0.25) is 10.0 Å². The third kappa shape index (κ3) is 4.76. The van der Waals surface area contributed by atoms with Crippen molar-refractivity contribution >= 4 is 15.7 Å². The van der Waals surface area contributed by atoms with E-state index in [-0.39, 0.29) is 16.6 Å². The summed E-state index contributed by atoms with van der Waals surface area (Å²) in [5.74, 6) is 0.294. The Morgan fingerprint density at radius 3 is 2.43 bits per heavy atom. The fourth-order valence-electron chi connectivity index (χ4n) is 2.11. The lowest BCUT2D eigenvalue weighted by Gasteiger charge is -2.21. The molecular formula is C13H21N3O4S. The van der Waals surface area contributed by atoms with Gasteiger partial charge in [-0.1, -0.05) is 26.8 Å². The first kappa shape index (κ1) is 17.5. The first-order valence-corrected chi connectivity index (χ1v) is 8.25. The zero-order chi connectivity index (χ0) is 16.2. The average Bonchev–Trinajstić information content (AvgIpc) is 2.36. The maximum atomic E-state index is 11.3. The van der Waals surface area contributed by atoms with Crippen LogP contribution in [0.4, 0.5) is 5.69 Å². The maximum Gasteiger partial charge on any atom is 0.273 e. The third-order valence-electron chi connectivity index (χ3n) is 3.29. The van der Waals surface area contributed by atoms with E-state index in [2.05, 4.69) is 5.32 Å². The van der Waals surface area contributed by atoms with E-state index in [0.29, 0.717) is 17.9 Å². The summed E-state index contributed by atoms with van der Waals surface area (Å²) in [6.07, 6.45) is 0.451. The molecule has 0 fully saturated rings.